The number of hydrogen-bond donors (Lipinski definition) is 2. The van der Waals surface area contributed by atoms with Gasteiger partial charge in [-0.1, -0.05) is 24.3 Å². The van der Waals surface area contributed by atoms with E-state index in [0.29, 0.717) is 23.5 Å². The number of para-hydroxylation sites is 2. The molecule has 0 unspecified atom stereocenters. The van der Waals surface area contributed by atoms with Crippen LogP contribution in [0, 0.1) is 0 Å². The highest BCUT2D eigenvalue weighted by atomic mass is 16.5. The van der Waals surface area contributed by atoms with E-state index in [4.69, 9.17) is 10.5 Å². The average molecular weight is 397 g/mol. The van der Waals surface area contributed by atoms with Gasteiger partial charge in [0.2, 0.25) is 0 Å². The third kappa shape index (κ3) is 5.24. The highest BCUT2D eigenvalue weighted by Crippen LogP contribution is 2.18. The van der Waals surface area contributed by atoms with Crippen molar-refractivity contribution in [2.24, 2.45) is 0 Å². The molecule has 0 aliphatic carbocycles. The molecule has 8 heteroatoms. The van der Waals surface area contributed by atoms with E-state index in [2.05, 4.69) is 17.3 Å². The summed E-state index contributed by atoms with van der Waals surface area (Å²) in [5, 5.41) is 6.43. The number of carbonyl (C=O) groups excluding carboxylic acids is 2. The van der Waals surface area contributed by atoms with Gasteiger partial charge in [0.15, 0.2) is 0 Å². The van der Waals surface area contributed by atoms with Gasteiger partial charge in [-0.2, -0.15) is 0 Å². The molecule has 1 fully saturated rings. The van der Waals surface area contributed by atoms with Crippen molar-refractivity contribution in [3.63, 3.8) is 0 Å². The van der Waals surface area contributed by atoms with Crippen LogP contribution in [-0.4, -0.2) is 67.3 Å². The molecule has 1 heterocycles. The van der Waals surface area contributed by atoms with Crippen LogP contribution in [-0.2, 0) is 11.3 Å². The second kappa shape index (κ2) is 9.40. The highest BCUT2D eigenvalue weighted by Gasteiger charge is 2.25. The van der Waals surface area contributed by atoms with E-state index in [1.165, 1.54) is 7.11 Å². The van der Waals surface area contributed by atoms with E-state index >= 15 is 0 Å². The van der Waals surface area contributed by atoms with Crippen LogP contribution in [0.5, 0.6) is 0 Å². The zero-order valence-corrected chi connectivity index (χ0v) is 16.8. The summed E-state index contributed by atoms with van der Waals surface area (Å²) >= 11 is 0. The summed E-state index contributed by atoms with van der Waals surface area (Å²) in [5.74, 6) is -0.238. The molecule has 0 saturated carbocycles. The van der Waals surface area contributed by atoms with E-state index in [0.717, 1.165) is 31.7 Å². The van der Waals surface area contributed by atoms with Crippen LogP contribution in [0.15, 0.2) is 48.5 Å². The van der Waals surface area contributed by atoms with Crippen LogP contribution >= 0.6 is 0 Å². The monoisotopic (exact) mass is 397 g/mol. The number of hydrogen-bond acceptors (Lipinski definition) is 6. The molecule has 2 aromatic carbocycles. The minimum absolute atomic E-state index is 0.238. The lowest BCUT2D eigenvalue weighted by Gasteiger charge is -2.39. The topological polar surface area (TPSA) is 91.1 Å². The van der Waals surface area contributed by atoms with Crippen LogP contribution < -0.4 is 11.1 Å². The summed E-state index contributed by atoms with van der Waals surface area (Å²) in [4.78, 5) is 27.0. The van der Waals surface area contributed by atoms with Crippen LogP contribution in [0.2, 0.25) is 0 Å². The van der Waals surface area contributed by atoms with Crippen molar-refractivity contribution in [1.29, 1.82) is 0 Å². The largest absolute Gasteiger partial charge is 0.452 e. The summed E-state index contributed by atoms with van der Waals surface area (Å²) in [5.41, 5.74) is 8.39. The Morgan fingerprint density at radius 3 is 2.34 bits per heavy atom. The molecule has 8 nitrogen and oxygen atoms in total. The molecule has 2 amide bonds. The number of nitrogen functional groups attached to an aromatic ring is 1. The Balaban J connectivity index is 1.67. The van der Waals surface area contributed by atoms with E-state index in [1.54, 1.807) is 29.3 Å². The summed E-state index contributed by atoms with van der Waals surface area (Å²) < 4.78 is 4.96. The molecule has 3 rings (SSSR count). The van der Waals surface area contributed by atoms with Gasteiger partial charge in [0.1, 0.15) is 0 Å². The molecular weight excluding hydrogens is 370 g/mol. The van der Waals surface area contributed by atoms with Gasteiger partial charge in [-0.3, -0.25) is 4.79 Å². The van der Waals surface area contributed by atoms with Gasteiger partial charge < -0.3 is 20.7 Å². The van der Waals surface area contributed by atoms with Crippen molar-refractivity contribution in [3.05, 3.63) is 59.7 Å². The standard InChI is InChI=1S/C21H27N5O3/c1-24-11-13-25(14-12-24)26(21(28)29-2)15-16-7-9-17(10-8-16)20(27)23-19-6-4-3-5-18(19)22/h3-10H,11-15,22H2,1-2H3,(H,23,27). The quantitative estimate of drug-likeness (QED) is 0.752. The number of nitrogens with two attached hydrogens (primary N) is 1. The number of nitrogens with zero attached hydrogens (tertiary/aromatic N) is 3. The Morgan fingerprint density at radius 2 is 1.72 bits per heavy atom. The van der Waals surface area contributed by atoms with Crippen LogP contribution in [0.3, 0.4) is 0 Å². The number of hydrazine groups is 1. The van der Waals surface area contributed by atoms with Gasteiger partial charge in [0, 0.05) is 31.7 Å². The van der Waals surface area contributed by atoms with Gasteiger partial charge in [0.25, 0.3) is 5.91 Å². The van der Waals surface area contributed by atoms with Crippen molar-refractivity contribution in [1.82, 2.24) is 14.9 Å². The lowest BCUT2D eigenvalue weighted by atomic mass is 10.1. The number of rotatable bonds is 5. The first-order valence-electron chi connectivity index (χ1n) is 9.51. The summed E-state index contributed by atoms with van der Waals surface area (Å²) in [6.45, 7) is 3.66. The summed E-state index contributed by atoms with van der Waals surface area (Å²) in [7, 11) is 3.45. The zero-order chi connectivity index (χ0) is 20.8. The van der Waals surface area contributed by atoms with Crippen LogP contribution in [0.4, 0.5) is 16.2 Å². The molecule has 154 valence electrons. The molecule has 0 spiro atoms. The molecule has 29 heavy (non-hydrogen) atoms. The second-order valence-corrected chi connectivity index (χ2v) is 7.02. The molecule has 3 N–H and O–H groups in total. The Labute approximate surface area is 170 Å². The molecule has 1 saturated heterocycles. The summed E-state index contributed by atoms with van der Waals surface area (Å²) in [6.07, 6.45) is -0.393. The number of amides is 2. The number of likely N-dealkylation sites (N-methyl/N-ethyl adjacent to an activating group) is 1. The third-order valence-electron chi connectivity index (χ3n) is 4.96. The van der Waals surface area contributed by atoms with Crippen molar-refractivity contribution in [2.45, 2.75) is 6.54 Å². The zero-order valence-electron chi connectivity index (χ0n) is 16.8. The van der Waals surface area contributed by atoms with Crippen molar-refractivity contribution < 1.29 is 14.3 Å². The van der Waals surface area contributed by atoms with Crippen molar-refractivity contribution in [3.8, 4) is 0 Å². The molecule has 1 aliphatic heterocycles. The predicted molar refractivity (Wildman–Crippen MR) is 112 cm³/mol. The molecule has 0 aromatic heterocycles. The normalized spacial score (nSPS) is 15.0. The number of benzene rings is 2. The number of anilines is 2. The minimum atomic E-state index is -0.393. The Kier molecular flexibility index (Phi) is 6.69. The maximum absolute atomic E-state index is 12.5. The number of piperazine rings is 1. The lowest BCUT2D eigenvalue weighted by molar-refractivity contribution is -0.0467. The number of carbonyl (C=O) groups is 2. The van der Waals surface area contributed by atoms with Gasteiger partial charge in [-0.15, -0.1) is 0 Å². The van der Waals surface area contributed by atoms with E-state index < -0.39 is 6.09 Å². The molecular formula is C21H27N5O3. The van der Waals surface area contributed by atoms with E-state index in [1.807, 2.05) is 29.3 Å². The Morgan fingerprint density at radius 1 is 1.07 bits per heavy atom. The van der Waals surface area contributed by atoms with Crippen molar-refractivity contribution >= 4 is 23.4 Å². The molecule has 1 aliphatic rings. The van der Waals surface area contributed by atoms with Gasteiger partial charge >= 0.3 is 6.09 Å². The highest BCUT2D eigenvalue weighted by molar-refractivity contribution is 6.05. The smallest absolute Gasteiger partial charge is 0.424 e. The average Bonchev–Trinajstić information content (AvgIpc) is 2.74. The number of ether oxygens (including phenoxy) is 1. The molecule has 0 atom stereocenters. The summed E-state index contributed by atoms with van der Waals surface area (Å²) in [6, 6.07) is 14.3. The maximum Gasteiger partial charge on any atom is 0.424 e. The first-order valence-corrected chi connectivity index (χ1v) is 9.51. The first-order chi connectivity index (χ1) is 14.0. The second-order valence-electron chi connectivity index (χ2n) is 7.02. The molecule has 2 aromatic rings. The van der Waals surface area contributed by atoms with E-state index in [9.17, 15) is 9.59 Å². The van der Waals surface area contributed by atoms with Gasteiger partial charge in [0.05, 0.1) is 25.0 Å². The Hall–Kier alpha value is -3.10. The lowest BCUT2D eigenvalue weighted by Crippen LogP contribution is -2.54. The predicted octanol–water partition coefficient (Wildman–Crippen LogP) is 2.25. The van der Waals surface area contributed by atoms with Gasteiger partial charge in [-0.25, -0.2) is 14.8 Å². The number of nitrogens with one attached hydrogen (secondary N) is 1. The fraction of sp³-hybridized carbons (Fsp3) is 0.333. The van der Waals surface area contributed by atoms with E-state index in [-0.39, 0.29) is 5.91 Å². The van der Waals surface area contributed by atoms with Crippen LogP contribution in [0.25, 0.3) is 0 Å². The fourth-order valence-corrected chi connectivity index (χ4v) is 3.16. The Bertz CT molecular complexity index is 848. The van der Waals surface area contributed by atoms with Crippen molar-refractivity contribution in [2.75, 3.05) is 51.4 Å². The molecule has 0 bridgehead atoms. The maximum atomic E-state index is 12.5. The number of methoxy groups -OCH3 is 1. The third-order valence-corrected chi connectivity index (χ3v) is 4.96. The fourth-order valence-electron chi connectivity index (χ4n) is 3.16. The van der Waals surface area contributed by atoms with Gasteiger partial charge in [-0.05, 0) is 36.9 Å². The van der Waals surface area contributed by atoms with Crippen LogP contribution in [0.1, 0.15) is 15.9 Å². The minimum Gasteiger partial charge on any atom is -0.452 e. The first kappa shape index (κ1) is 20.6. The SMILES string of the molecule is COC(=O)N(Cc1ccc(C(=O)Nc2ccccc2N)cc1)N1CCN(C)CC1. The molecule has 0 radical (unpaired) electrons.